The van der Waals surface area contributed by atoms with Crippen LogP contribution in [0.1, 0.15) is 37.3 Å². The number of likely N-dealkylation sites (tertiary alicyclic amines) is 1. The van der Waals surface area contributed by atoms with E-state index in [2.05, 4.69) is 57.4 Å². The van der Waals surface area contributed by atoms with Crippen molar-refractivity contribution in [1.82, 2.24) is 20.0 Å². The maximum atomic E-state index is 13.4. The van der Waals surface area contributed by atoms with Gasteiger partial charge in [-0.3, -0.25) is 0 Å². The lowest BCUT2D eigenvalue weighted by atomic mass is 10.00. The molecule has 136 valence electrons. The van der Waals surface area contributed by atoms with Gasteiger partial charge in [0.1, 0.15) is 0 Å². The van der Waals surface area contributed by atoms with Gasteiger partial charge in [0, 0.05) is 18.6 Å². The monoisotopic (exact) mass is 342 g/mol. The van der Waals surface area contributed by atoms with Crippen LogP contribution in [-0.2, 0) is 0 Å². The highest BCUT2D eigenvalue weighted by Crippen LogP contribution is 2.36. The number of nitrogens with zero attached hydrogens (tertiary/aromatic N) is 3. The summed E-state index contributed by atoms with van der Waals surface area (Å²) in [5, 5.41) is 3.43. The van der Waals surface area contributed by atoms with Gasteiger partial charge in [-0.15, -0.1) is 0 Å². The number of rotatable bonds is 3. The Balaban J connectivity index is 1.58. The SMILES string of the molecule is CN1CCC(N2CC(c3ccccc3)N(C3CCNCC3)C2=O)CC1. The van der Waals surface area contributed by atoms with E-state index in [4.69, 9.17) is 0 Å². The molecule has 1 aromatic carbocycles. The first-order valence-electron chi connectivity index (χ1n) is 9.77. The molecule has 5 nitrogen and oxygen atoms in total. The van der Waals surface area contributed by atoms with Crippen LogP contribution in [0.3, 0.4) is 0 Å². The molecule has 1 N–H and O–H groups in total. The maximum absolute atomic E-state index is 13.4. The van der Waals surface area contributed by atoms with Gasteiger partial charge >= 0.3 is 6.03 Å². The first-order chi connectivity index (χ1) is 12.2. The molecule has 1 atom stereocenters. The fraction of sp³-hybridized carbons (Fsp3) is 0.650. The van der Waals surface area contributed by atoms with E-state index in [0.717, 1.165) is 58.4 Å². The topological polar surface area (TPSA) is 38.8 Å². The molecule has 0 aromatic heterocycles. The summed E-state index contributed by atoms with van der Waals surface area (Å²) in [5.74, 6) is 0. The molecule has 0 bridgehead atoms. The molecule has 2 amide bonds. The van der Waals surface area contributed by atoms with Gasteiger partial charge < -0.3 is 20.0 Å². The van der Waals surface area contributed by atoms with Gasteiger partial charge in [0.2, 0.25) is 0 Å². The Morgan fingerprint density at radius 3 is 2.32 bits per heavy atom. The fourth-order valence-corrected chi connectivity index (χ4v) is 4.68. The summed E-state index contributed by atoms with van der Waals surface area (Å²) in [7, 11) is 2.18. The number of carbonyl (C=O) groups is 1. The van der Waals surface area contributed by atoms with E-state index in [1.807, 2.05) is 0 Å². The normalized spacial score (nSPS) is 27.2. The second-order valence-electron chi connectivity index (χ2n) is 7.78. The Hall–Kier alpha value is -1.59. The third kappa shape index (κ3) is 3.40. The summed E-state index contributed by atoms with van der Waals surface area (Å²) in [6.07, 6.45) is 4.33. The quantitative estimate of drug-likeness (QED) is 0.916. The minimum atomic E-state index is 0.205. The van der Waals surface area contributed by atoms with Crippen LogP contribution in [0.15, 0.2) is 30.3 Å². The van der Waals surface area contributed by atoms with Gasteiger partial charge in [-0.25, -0.2) is 4.79 Å². The Labute approximate surface area is 151 Å². The first kappa shape index (κ1) is 16.9. The third-order valence-electron chi connectivity index (χ3n) is 6.19. The van der Waals surface area contributed by atoms with Crippen LogP contribution in [0.25, 0.3) is 0 Å². The van der Waals surface area contributed by atoms with E-state index in [9.17, 15) is 4.79 Å². The number of hydrogen-bond donors (Lipinski definition) is 1. The Kier molecular flexibility index (Phi) is 4.95. The highest BCUT2D eigenvalue weighted by molar-refractivity contribution is 5.78. The van der Waals surface area contributed by atoms with Crippen LogP contribution in [0.5, 0.6) is 0 Å². The summed E-state index contributed by atoms with van der Waals surface area (Å²) in [6, 6.07) is 11.9. The molecule has 3 saturated heterocycles. The van der Waals surface area contributed by atoms with Crippen molar-refractivity contribution in [2.45, 2.75) is 43.8 Å². The summed E-state index contributed by atoms with van der Waals surface area (Å²) < 4.78 is 0. The van der Waals surface area contributed by atoms with Gasteiger partial charge in [0.05, 0.1) is 6.04 Å². The molecule has 3 aliphatic heterocycles. The van der Waals surface area contributed by atoms with Gasteiger partial charge in [0.25, 0.3) is 0 Å². The number of urea groups is 1. The molecule has 1 aromatic rings. The molecular weight excluding hydrogens is 312 g/mol. The fourth-order valence-electron chi connectivity index (χ4n) is 4.68. The number of benzene rings is 1. The van der Waals surface area contributed by atoms with Gasteiger partial charge in [-0.1, -0.05) is 30.3 Å². The summed E-state index contributed by atoms with van der Waals surface area (Å²) in [6.45, 7) is 5.07. The highest BCUT2D eigenvalue weighted by atomic mass is 16.2. The molecule has 3 heterocycles. The summed E-state index contributed by atoms with van der Waals surface area (Å²) in [5.41, 5.74) is 1.28. The van der Waals surface area contributed by atoms with Gasteiger partial charge in [-0.2, -0.15) is 0 Å². The van der Waals surface area contributed by atoms with E-state index in [-0.39, 0.29) is 12.1 Å². The summed E-state index contributed by atoms with van der Waals surface area (Å²) >= 11 is 0. The smallest absolute Gasteiger partial charge is 0.319 e. The van der Waals surface area contributed by atoms with Crippen molar-refractivity contribution in [2.24, 2.45) is 0 Å². The standard InChI is InChI=1S/C20H30N4O/c1-22-13-9-17(10-14-22)23-15-19(16-5-3-2-4-6-16)24(20(23)25)18-7-11-21-12-8-18/h2-6,17-19,21H,7-15H2,1H3. The van der Waals surface area contributed by atoms with Crippen molar-refractivity contribution in [1.29, 1.82) is 0 Å². The summed E-state index contributed by atoms with van der Waals surface area (Å²) in [4.78, 5) is 20.2. The molecule has 0 aliphatic carbocycles. The minimum absolute atomic E-state index is 0.205. The molecule has 5 heteroatoms. The molecule has 3 fully saturated rings. The maximum Gasteiger partial charge on any atom is 0.321 e. The van der Waals surface area contributed by atoms with Crippen molar-refractivity contribution < 1.29 is 4.79 Å². The Bertz CT molecular complexity index is 579. The van der Waals surface area contributed by atoms with E-state index in [0.29, 0.717) is 12.1 Å². The molecule has 25 heavy (non-hydrogen) atoms. The molecular formula is C20H30N4O. The number of piperidine rings is 2. The molecule has 0 spiro atoms. The van der Waals surface area contributed by atoms with Crippen molar-refractivity contribution in [3.63, 3.8) is 0 Å². The molecule has 1 unspecified atom stereocenters. The Morgan fingerprint density at radius 1 is 0.960 bits per heavy atom. The van der Waals surface area contributed by atoms with E-state index in [1.165, 1.54) is 5.56 Å². The Morgan fingerprint density at radius 2 is 1.64 bits per heavy atom. The van der Waals surface area contributed by atoms with Crippen LogP contribution in [0.4, 0.5) is 4.79 Å². The van der Waals surface area contributed by atoms with Gasteiger partial charge in [0.15, 0.2) is 0 Å². The van der Waals surface area contributed by atoms with E-state index < -0.39 is 0 Å². The van der Waals surface area contributed by atoms with Crippen molar-refractivity contribution >= 4 is 6.03 Å². The van der Waals surface area contributed by atoms with Crippen LogP contribution < -0.4 is 5.32 Å². The van der Waals surface area contributed by atoms with Crippen molar-refractivity contribution in [2.75, 3.05) is 39.8 Å². The van der Waals surface area contributed by atoms with Crippen LogP contribution in [-0.4, -0.2) is 72.6 Å². The van der Waals surface area contributed by atoms with Crippen molar-refractivity contribution in [3.05, 3.63) is 35.9 Å². The second kappa shape index (κ2) is 7.34. The van der Waals surface area contributed by atoms with E-state index >= 15 is 0 Å². The predicted molar refractivity (Wildman–Crippen MR) is 99.5 cm³/mol. The number of amides is 2. The third-order valence-corrected chi connectivity index (χ3v) is 6.19. The number of carbonyl (C=O) groups excluding carboxylic acids is 1. The zero-order valence-corrected chi connectivity index (χ0v) is 15.2. The highest BCUT2D eigenvalue weighted by Gasteiger charge is 2.44. The molecule has 0 saturated carbocycles. The van der Waals surface area contributed by atoms with Gasteiger partial charge in [-0.05, 0) is 64.5 Å². The van der Waals surface area contributed by atoms with Crippen LogP contribution in [0.2, 0.25) is 0 Å². The average Bonchev–Trinajstić information content (AvgIpc) is 3.01. The lowest BCUT2D eigenvalue weighted by Crippen LogP contribution is -2.49. The number of hydrogen-bond acceptors (Lipinski definition) is 3. The molecule has 0 radical (unpaired) electrons. The van der Waals surface area contributed by atoms with E-state index in [1.54, 1.807) is 0 Å². The lowest BCUT2D eigenvalue weighted by molar-refractivity contribution is 0.128. The van der Waals surface area contributed by atoms with Crippen molar-refractivity contribution in [3.8, 4) is 0 Å². The average molecular weight is 342 g/mol. The van der Waals surface area contributed by atoms with Crippen LogP contribution in [0, 0.1) is 0 Å². The first-order valence-corrected chi connectivity index (χ1v) is 9.77. The largest absolute Gasteiger partial charge is 0.321 e. The zero-order valence-electron chi connectivity index (χ0n) is 15.2. The molecule has 4 rings (SSSR count). The zero-order chi connectivity index (χ0) is 17.2. The lowest BCUT2D eigenvalue weighted by Gasteiger charge is -2.37. The molecule has 3 aliphatic rings. The minimum Gasteiger partial charge on any atom is -0.319 e. The predicted octanol–water partition coefficient (Wildman–Crippen LogP) is 2.31. The van der Waals surface area contributed by atoms with Crippen LogP contribution >= 0.6 is 0 Å². The number of nitrogens with one attached hydrogen (secondary N) is 1. The second-order valence-corrected chi connectivity index (χ2v) is 7.78.